The highest BCUT2D eigenvalue weighted by Gasteiger charge is 2.19. The summed E-state index contributed by atoms with van der Waals surface area (Å²) in [7, 11) is 0. The summed E-state index contributed by atoms with van der Waals surface area (Å²) in [5.74, 6) is -0.462. The highest BCUT2D eigenvalue weighted by atomic mass is 16.4. The molecule has 2 aromatic heterocycles. The lowest BCUT2D eigenvalue weighted by molar-refractivity contribution is 0.0696. The standard InChI is InChI=1S/C15H17N3O2/c1-3-18(10-12-6-4-5-8-16-12)14-13(15(19)20)11(2)7-9-17-14/h4-9H,3,10H2,1-2H3,(H,19,20). The van der Waals surface area contributed by atoms with Gasteiger partial charge in [-0.15, -0.1) is 0 Å². The van der Waals surface area contributed by atoms with E-state index in [1.807, 2.05) is 30.0 Å². The van der Waals surface area contributed by atoms with E-state index in [1.165, 1.54) is 0 Å². The number of anilines is 1. The number of carbonyl (C=O) groups is 1. The molecule has 0 amide bonds. The Balaban J connectivity index is 2.37. The van der Waals surface area contributed by atoms with E-state index in [4.69, 9.17) is 0 Å². The Morgan fingerprint density at radius 1 is 1.25 bits per heavy atom. The maximum absolute atomic E-state index is 11.4. The largest absolute Gasteiger partial charge is 0.478 e. The van der Waals surface area contributed by atoms with Crippen LogP contribution in [0.1, 0.15) is 28.5 Å². The Hall–Kier alpha value is -2.43. The molecule has 0 fully saturated rings. The van der Waals surface area contributed by atoms with Crippen molar-refractivity contribution in [3.05, 3.63) is 53.5 Å². The zero-order valence-electron chi connectivity index (χ0n) is 11.6. The molecular formula is C15H17N3O2. The van der Waals surface area contributed by atoms with Crippen molar-refractivity contribution in [2.45, 2.75) is 20.4 Å². The zero-order valence-corrected chi connectivity index (χ0v) is 11.6. The molecule has 0 aliphatic heterocycles. The van der Waals surface area contributed by atoms with Crippen molar-refractivity contribution in [1.82, 2.24) is 9.97 Å². The van der Waals surface area contributed by atoms with E-state index in [0.717, 1.165) is 5.69 Å². The molecule has 2 rings (SSSR count). The van der Waals surface area contributed by atoms with Gasteiger partial charge in [-0.2, -0.15) is 0 Å². The second-order valence-electron chi connectivity index (χ2n) is 4.47. The van der Waals surface area contributed by atoms with Crippen LogP contribution in [-0.4, -0.2) is 27.6 Å². The van der Waals surface area contributed by atoms with Gasteiger partial charge in [-0.25, -0.2) is 9.78 Å². The lowest BCUT2D eigenvalue weighted by atomic mass is 10.1. The summed E-state index contributed by atoms with van der Waals surface area (Å²) < 4.78 is 0. The van der Waals surface area contributed by atoms with Crippen LogP contribution >= 0.6 is 0 Å². The Labute approximate surface area is 117 Å². The summed E-state index contributed by atoms with van der Waals surface area (Å²) >= 11 is 0. The third-order valence-electron chi connectivity index (χ3n) is 3.11. The predicted molar refractivity (Wildman–Crippen MR) is 76.9 cm³/mol. The molecule has 2 heterocycles. The van der Waals surface area contributed by atoms with Gasteiger partial charge in [0.1, 0.15) is 11.4 Å². The van der Waals surface area contributed by atoms with Crippen molar-refractivity contribution in [3.8, 4) is 0 Å². The van der Waals surface area contributed by atoms with E-state index in [2.05, 4.69) is 9.97 Å². The summed E-state index contributed by atoms with van der Waals surface area (Å²) in [6.07, 6.45) is 3.36. The van der Waals surface area contributed by atoms with E-state index in [0.29, 0.717) is 24.5 Å². The summed E-state index contributed by atoms with van der Waals surface area (Å²) in [4.78, 5) is 21.9. The van der Waals surface area contributed by atoms with E-state index < -0.39 is 5.97 Å². The molecule has 5 heteroatoms. The van der Waals surface area contributed by atoms with Crippen molar-refractivity contribution >= 4 is 11.8 Å². The lowest BCUT2D eigenvalue weighted by Gasteiger charge is -2.23. The van der Waals surface area contributed by atoms with E-state index >= 15 is 0 Å². The van der Waals surface area contributed by atoms with Crippen molar-refractivity contribution in [2.75, 3.05) is 11.4 Å². The molecule has 0 radical (unpaired) electrons. The number of pyridine rings is 2. The second-order valence-corrected chi connectivity index (χ2v) is 4.47. The number of carboxylic acid groups (broad SMARTS) is 1. The van der Waals surface area contributed by atoms with E-state index in [-0.39, 0.29) is 5.56 Å². The first-order valence-corrected chi connectivity index (χ1v) is 6.47. The molecule has 0 spiro atoms. The first-order chi connectivity index (χ1) is 9.63. The topological polar surface area (TPSA) is 66.3 Å². The van der Waals surface area contributed by atoms with Crippen molar-refractivity contribution in [3.63, 3.8) is 0 Å². The van der Waals surface area contributed by atoms with Crippen molar-refractivity contribution in [1.29, 1.82) is 0 Å². The maximum Gasteiger partial charge on any atom is 0.339 e. The Morgan fingerprint density at radius 2 is 2.05 bits per heavy atom. The molecule has 0 unspecified atom stereocenters. The summed E-state index contributed by atoms with van der Waals surface area (Å²) in [5.41, 5.74) is 1.85. The minimum Gasteiger partial charge on any atom is -0.478 e. The Kier molecular flexibility index (Phi) is 4.30. The molecule has 0 bridgehead atoms. The van der Waals surface area contributed by atoms with Crippen LogP contribution in [0, 0.1) is 6.92 Å². The first-order valence-electron chi connectivity index (χ1n) is 6.47. The van der Waals surface area contributed by atoms with E-state index in [9.17, 15) is 9.90 Å². The summed E-state index contributed by atoms with van der Waals surface area (Å²) in [6, 6.07) is 7.39. The average Bonchev–Trinajstić information content (AvgIpc) is 2.45. The quantitative estimate of drug-likeness (QED) is 0.905. The highest BCUT2D eigenvalue weighted by Crippen LogP contribution is 2.22. The van der Waals surface area contributed by atoms with Crippen molar-refractivity contribution < 1.29 is 9.90 Å². The van der Waals surface area contributed by atoms with Crippen LogP contribution in [0.4, 0.5) is 5.82 Å². The number of rotatable bonds is 5. The van der Waals surface area contributed by atoms with Crippen LogP contribution in [0.15, 0.2) is 36.7 Å². The van der Waals surface area contributed by atoms with Gasteiger partial charge in [0.25, 0.3) is 0 Å². The van der Waals surface area contributed by atoms with Gasteiger partial charge < -0.3 is 10.0 Å². The molecule has 20 heavy (non-hydrogen) atoms. The van der Waals surface area contributed by atoms with Crippen LogP contribution in [0.5, 0.6) is 0 Å². The normalized spacial score (nSPS) is 10.3. The van der Waals surface area contributed by atoms with Crippen LogP contribution in [0.2, 0.25) is 0 Å². The molecular weight excluding hydrogens is 254 g/mol. The summed E-state index contributed by atoms with van der Waals surface area (Å²) in [6.45, 7) is 4.95. The predicted octanol–water partition coefficient (Wildman–Crippen LogP) is 2.51. The molecule has 104 valence electrons. The number of aromatic carboxylic acids is 1. The molecule has 0 saturated heterocycles. The molecule has 5 nitrogen and oxygen atoms in total. The smallest absolute Gasteiger partial charge is 0.339 e. The van der Waals surface area contributed by atoms with Gasteiger partial charge in [0.2, 0.25) is 0 Å². The summed E-state index contributed by atoms with van der Waals surface area (Å²) in [5, 5.41) is 9.37. The van der Waals surface area contributed by atoms with Gasteiger partial charge in [0.05, 0.1) is 12.2 Å². The highest BCUT2D eigenvalue weighted by molar-refractivity contribution is 5.94. The first kappa shape index (κ1) is 14.0. The molecule has 1 N–H and O–H groups in total. The molecule has 2 aromatic rings. The third kappa shape index (κ3) is 2.93. The fourth-order valence-corrected chi connectivity index (χ4v) is 2.07. The minimum atomic E-state index is -0.954. The average molecular weight is 271 g/mol. The number of carboxylic acids is 1. The number of aryl methyl sites for hydroxylation is 1. The minimum absolute atomic E-state index is 0.255. The van der Waals surface area contributed by atoms with Crippen LogP contribution < -0.4 is 4.90 Å². The number of hydrogen-bond donors (Lipinski definition) is 1. The third-order valence-corrected chi connectivity index (χ3v) is 3.11. The van der Waals surface area contributed by atoms with Crippen LogP contribution in [-0.2, 0) is 6.54 Å². The monoisotopic (exact) mass is 271 g/mol. The number of aromatic nitrogens is 2. The number of hydrogen-bond acceptors (Lipinski definition) is 4. The van der Waals surface area contributed by atoms with Gasteiger partial charge in [-0.05, 0) is 37.6 Å². The Bertz CT molecular complexity index is 599. The maximum atomic E-state index is 11.4. The fourth-order valence-electron chi connectivity index (χ4n) is 2.07. The van der Waals surface area contributed by atoms with Gasteiger partial charge >= 0.3 is 5.97 Å². The zero-order chi connectivity index (χ0) is 14.5. The SMILES string of the molecule is CCN(Cc1ccccn1)c1nccc(C)c1C(=O)O. The Morgan fingerprint density at radius 3 is 2.65 bits per heavy atom. The van der Waals surface area contributed by atoms with Crippen molar-refractivity contribution in [2.24, 2.45) is 0 Å². The fraction of sp³-hybridized carbons (Fsp3) is 0.267. The second kappa shape index (κ2) is 6.14. The molecule has 0 saturated carbocycles. The van der Waals surface area contributed by atoms with Crippen LogP contribution in [0.3, 0.4) is 0 Å². The van der Waals surface area contributed by atoms with Gasteiger partial charge in [0.15, 0.2) is 0 Å². The number of nitrogens with zero attached hydrogens (tertiary/aromatic N) is 3. The van der Waals surface area contributed by atoms with Crippen LogP contribution in [0.25, 0.3) is 0 Å². The molecule has 0 aliphatic rings. The van der Waals surface area contributed by atoms with E-state index in [1.54, 1.807) is 25.4 Å². The molecule has 0 aliphatic carbocycles. The van der Waals surface area contributed by atoms with Gasteiger partial charge in [-0.3, -0.25) is 4.98 Å². The van der Waals surface area contributed by atoms with Gasteiger partial charge in [-0.1, -0.05) is 6.07 Å². The molecule has 0 atom stereocenters. The molecule has 0 aromatic carbocycles. The van der Waals surface area contributed by atoms with Gasteiger partial charge in [0, 0.05) is 18.9 Å². The lowest BCUT2D eigenvalue weighted by Crippen LogP contribution is -2.26.